The Labute approximate surface area is 181 Å². The molecule has 0 N–H and O–H groups in total. The highest BCUT2D eigenvalue weighted by molar-refractivity contribution is 6.30. The van der Waals surface area contributed by atoms with Crippen LogP contribution in [0.4, 0.5) is 0 Å². The minimum Gasteiger partial charge on any atom is -0.487 e. The number of aryl methyl sites for hydroxylation is 2. The molecule has 0 atom stereocenters. The monoisotopic (exact) mass is 423 g/mol. The molecule has 0 spiro atoms. The second-order valence-electron chi connectivity index (χ2n) is 7.70. The Morgan fingerprint density at radius 2 is 1.77 bits per heavy atom. The SMILES string of the molecule is O=c1cc(OCc2ccc(Cl)cn2)ccn1CCc1ccc(CN2CCCC2)cc1. The summed E-state index contributed by atoms with van der Waals surface area (Å²) in [5.74, 6) is 0.541. The quantitative estimate of drug-likeness (QED) is 0.541. The lowest BCUT2D eigenvalue weighted by molar-refractivity contribution is 0.300. The van der Waals surface area contributed by atoms with E-state index in [9.17, 15) is 4.79 Å². The van der Waals surface area contributed by atoms with E-state index < -0.39 is 0 Å². The van der Waals surface area contributed by atoms with Gasteiger partial charge in [-0.1, -0.05) is 35.9 Å². The molecule has 6 heteroatoms. The molecule has 1 fully saturated rings. The summed E-state index contributed by atoms with van der Waals surface area (Å²) in [7, 11) is 0. The standard InChI is InChI=1S/C24H26ClN3O2/c25-21-7-8-22(26-16-21)18-30-23-10-14-28(24(29)15-23)13-9-19-3-5-20(6-4-19)17-27-11-1-2-12-27/h3-8,10,14-16H,1-2,9,11-13,17-18H2. The zero-order valence-corrected chi connectivity index (χ0v) is 17.7. The zero-order valence-electron chi connectivity index (χ0n) is 17.0. The van der Waals surface area contributed by atoms with E-state index in [2.05, 4.69) is 34.1 Å². The molecule has 1 aliphatic heterocycles. The lowest BCUT2D eigenvalue weighted by Crippen LogP contribution is -2.20. The summed E-state index contributed by atoms with van der Waals surface area (Å²) in [6.45, 7) is 4.39. The normalized spacial score (nSPS) is 14.2. The summed E-state index contributed by atoms with van der Waals surface area (Å²) >= 11 is 5.83. The molecular formula is C24H26ClN3O2. The topological polar surface area (TPSA) is 47.4 Å². The molecule has 3 aromatic rings. The Hall–Kier alpha value is -2.63. The van der Waals surface area contributed by atoms with Gasteiger partial charge in [-0.25, -0.2) is 0 Å². The number of pyridine rings is 2. The lowest BCUT2D eigenvalue weighted by atomic mass is 10.1. The van der Waals surface area contributed by atoms with Gasteiger partial charge < -0.3 is 9.30 Å². The molecule has 30 heavy (non-hydrogen) atoms. The van der Waals surface area contributed by atoms with Crippen LogP contribution in [0.5, 0.6) is 5.75 Å². The predicted molar refractivity (Wildman–Crippen MR) is 119 cm³/mol. The van der Waals surface area contributed by atoms with Crippen molar-refractivity contribution in [1.82, 2.24) is 14.5 Å². The second kappa shape index (κ2) is 9.92. The summed E-state index contributed by atoms with van der Waals surface area (Å²) in [5, 5.41) is 0.586. The van der Waals surface area contributed by atoms with Crippen LogP contribution in [0.15, 0.2) is 65.7 Å². The van der Waals surface area contributed by atoms with Crippen molar-refractivity contribution in [2.45, 2.75) is 39.0 Å². The van der Waals surface area contributed by atoms with Crippen molar-refractivity contribution in [1.29, 1.82) is 0 Å². The smallest absolute Gasteiger partial charge is 0.254 e. The van der Waals surface area contributed by atoms with E-state index in [0.29, 0.717) is 23.9 Å². The average Bonchev–Trinajstić information content (AvgIpc) is 3.27. The third-order valence-electron chi connectivity index (χ3n) is 5.41. The van der Waals surface area contributed by atoms with Crippen LogP contribution in [0.25, 0.3) is 0 Å². The van der Waals surface area contributed by atoms with Crippen LogP contribution in [-0.2, 0) is 26.1 Å². The van der Waals surface area contributed by atoms with E-state index in [4.69, 9.17) is 16.3 Å². The third kappa shape index (κ3) is 5.71. The van der Waals surface area contributed by atoms with Crippen molar-refractivity contribution in [3.8, 4) is 5.75 Å². The molecule has 1 aliphatic rings. The van der Waals surface area contributed by atoms with Crippen LogP contribution in [0.1, 0.15) is 29.7 Å². The van der Waals surface area contributed by atoms with Crippen LogP contribution < -0.4 is 10.3 Å². The molecule has 0 aliphatic carbocycles. The molecule has 0 saturated carbocycles. The minimum atomic E-state index is -0.0674. The van der Waals surface area contributed by atoms with Gasteiger partial charge in [-0.15, -0.1) is 0 Å². The fourth-order valence-corrected chi connectivity index (χ4v) is 3.78. The summed E-state index contributed by atoms with van der Waals surface area (Å²) < 4.78 is 7.39. The number of hydrogen-bond acceptors (Lipinski definition) is 4. The van der Waals surface area contributed by atoms with Gasteiger partial charge in [0.15, 0.2) is 0 Å². The van der Waals surface area contributed by atoms with E-state index in [0.717, 1.165) is 18.7 Å². The van der Waals surface area contributed by atoms with Gasteiger partial charge >= 0.3 is 0 Å². The molecule has 1 saturated heterocycles. The molecular weight excluding hydrogens is 398 g/mol. The summed E-state index contributed by atoms with van der Waals surface area (Å²) in [5.41, 5.74) is 3.29. The molecule has 0 radical (unpaired) electrons. The van der Waals surface area contributed by atoms with E-state index in [1.807, 2.05) is 6.07 Å². The number of nitrogens with zero attached hydrogens (tertiary/aromatic N) is 3. The Balaban J connectivity index is 1.29. The number of likely N-dealkylation sites (tertiary alicyclic amines) is 1. The molecule has 3 heterocycles. The molecule has 2 aromatic heterocycles. The fourth-order valence-electron chi connectivity index (χ4n) is 3.67. The predicted octanol–water partition coefficient (Wildman–Crippen LogP) is 4.31. The first kappa shape index (κ1) is 20.6. The van der Waals surface area contributed by atoms with Gasteiger partial charge in [-0.2, -0.15) is 0 Å². The van der Waals surface area contributed by atoms with E-state index >= 15 is 0 Å². The number of rotatable bonds is 8. The van der Waals surface area contributed by atoms with Crippen LogP contribution in [0, 0.1) is 0 Å². The van der Waals surface area contributed by atoms with Gasteiger partial charge in [0.1, 0.15) is 12.4 Å². The maximum atomic E-state index is 12.4. The van der Waals surface area contributed by atoms with E-state index in [1.165, 1.54) is 43.1 Å². The molecule has 5 nitrogen and oxygen atoms in total. The van der Waals surface area contributed by atoms with Gasteiger partial charge in [0.25, 0.3) is 5.56 Å². The Kier molecular flexibility index (Phi) is 6.82. The first-order chi connectivity index (χ1) is 14.7. The molecule has 1 aromatic carbocycles. The highest BCUT2D eigenvalue weighted by Crippen LogP contribution is 2.14. The molecule has 0 amide bonds. The van der Waals surface area contributed by atoms with Gasteiger partial charge in [0, 0.05) is 31.5 Å². The molecule has 4 rings (SSSR count). The second-order valence-corrected chi connectivity index (χ2v) is 8.14. The summed E-state index contributed by atoms with van der Waals surface area (Å²) in [6, 6.07) is 15.7. The number of benzene rings is 1. The maximum absolute atomic E-state index is 12.4. The van der Waals surface area contributed by atoms with Crippen LogP contribution in [-0.4, -0.2) is 27.5 Å². The van der Waals surface area contributed by atoms with Gasteiger partial charge in [-0.3, -0.25) is 14.7 Å². The Bertz CT molecular complexity index is 1010. The van der Waals surface area contributed by atoms with Crippen LogP contribution in [0.2, 0.25) is 5.02 Å². The number of hydrogen-bond donors (Lipinski definition) is 0. The van der Waals surface area contributed by atoms with Crippen molar-refractivity contribution in [2.75, 3.05) is 13.1 Å². The average molecular weight is 424 g/mol. The Morgan fingerprint density at radius 3 is 2.47 bits per heavy atom. The summed E-state index contributed by atoms with van der Waals surface area (Å²) in [4.78, 5) is 19.1. The first-order valence-electron chi connectivity index (χ1n) is 10.4. The fraction of sp³-hybridized carbons (Fsp3) is 0.333. The van der Waals surface area contributed by atoms with Crippen molar-refractivity contribution in [3.05, 3.63) is 93.1 Å². The third-order valence-corrected chi connectivity index (χ3v) is 5.64. The highest BCUT2D eigenvalue weighted by atomic mass is 35.5. The van der Waals surface area contributed by atoms with Crippen LogP contribution >= 0.6 is 11.6 Å². The van der Waals surface area contributed by atoms with Crippen molar-refractivity contribution >= 4 is 11.6 Å². The first-order valence-corrected chi connectivity index (χ1v) is 10.8. The Morgan fingerprint density at radius 1 is 1.00 bits per heavy atom. The minimum absolute atomic E-state index is 0.0674. The number of ether oxygens (including phenoxy) is 1. The highest BCUT2D eigenvalue weighted by Gasteiger charge is 2.11. The van der Waals surface area contributed by atoms with Gasteiger partial charge in [0.05, 0.1) is 10.7 Å². The van der Waals surface area contributed by atoms with Gasteiger partial charge in [0.2, 0.25) is 0 Å². The van der Waals surface area contributed by atoms with Crippen LogP contribution in [0.3, 0.4) is 0 Å². The molecule has 0 unspecified atom stereocenters. The van der Waals surface area contributed by atoms with E-state index in [-0.39, 0.29) is 5.56 Å². The number of aromatic nitrogens is 2. The molecule has 0 bridgehead atoms. The van der Waals surface area contributed by atoms with Gasteiger partial charge in [-0.05, 0) is 61.7 Å². The van der Waals surface area contributed by atoms with E-state index in [1.54, 1.807) is 29.1 Å². The largest absolute Gasteiger partial charge is 0.487 e. The maximum Gasteiger partial charge on any atom is 0.254 e. The zero-order chi connectivity index (χ0) is 20.8. The molecule has 156 valence electrons. The van der Waals surface area contributed by atoms with Crippen molar-refractivity contribution in [3.63, 3.8) is 0 Å². The van der Waals surface area contributed by atoms with Crippen molar-refractivity contribution in [2.24, 2.45) is 0 Å². The summed E-state index contributed by atoms with van der Waals surface area (Å²) in [6.07, 6.45) is 6.81. The van der Waals surface area contributed by atoms with Crippen molar-refractivity contribution < 1.29 is 4.74 Å². The number of halogens is 1. The lowest BCUT2D eigenvalue weighted by Gasteiger charge is -2.14.